The number of carboxylic acids is 2. The third-order valence-corrected chi connectivity index (χ3v) is 7.42. The Morgan fingerprint density at radius 1 is 0.837 bits per heavy atom. The van der Waals surface area contributed by atoms with Crippen molar-refractivity contribution in [2.24, 2.45) is 21.2 Å². The van der Waals surface area contributed by atoms with Crippen LogP contribution in [0.5, 0.6) is 0 Å². The van der Waals surface area contributed by atoms with Gasteiger partial charge in [-0.2, -0.15) is 23.7 Å². The van der Waals surface area contributed by atoms with Gasteiger partial charge in [0, 0.05) is 22.4 Å². The highest BCUT2D eigenvalue weighted by molar-refractivity contribution is 7.92. The van der Waals surface area contributed by atoms with Crippen molar-refractivity contribution in [2.75, 3.05) is 11.2 Å². The van der Waals surface area contributed by atoms with Gasteiger partial charge in [0.25, 0.3) is 0 Å². The first-order valence-electron chi connectivity index (χ1n) is 12.2. The third kappa shape index (κ3) is 5.71. The molecule has 0 radical (unpaired) electrons. The Balaban J connectivity index is 1.54. The van der Waals surface area contributed by atoms with Crippen molar-refractivity contribution in [3.63, 3.8) is 0 Å². The highest BCUT2D eigenvalue weighted by atomic mass is 32.2. The molecule has 2 aliphatic rings. The average molecular weight is 601 g/mol. The summed E-state index contributed by atoms with van der Waals surface area (Å²) in [6.07, 6.45) is 4.25. The van der Waals surface area contributed by atoms with Gasteiger partial charge in [0.05, 0.1) is 28.2 Å². The fourth-order valence-electron chi connectivity index (χ4n) is 4.30. The number of carboxylic acid groups (broad SMARTS) is 2. The summed E-state index contributed by atoms with van der Waals surface area (Å²) < 4.78 is 29.3. The normalized spacial score (nSPS) is 17.0. The molecule has 0 saturated heterocycles. The highest BCUT2D eigenvalue weighted by Gasteiger charge is 2.34. The number of carbonyl (C=O) groups excluding carboxylic acids is 1. The Kier molecular flexibility index (Phi) is 7.52. The van der Waals surface area contributed by atoms with Crippen LogP contribution in [0.1, 0.15) is 47.8 Å². The number of nitrogens with one attached hydrogen (secondary N) is 1. The Morgan fingerprint density at radius 3 is 2.09 bits per heavy atom. The number of nitrogen functional groups attached to an aromatic ring is 1. The number of Topliss-reactive ketones (excluding diaryl/α,β-unsaturated/α-hetero) is 1. The first-order valence-corrected chi connectivity index (χ1v) is 13.6. The van der Waals surface area contributed by atoms with Gasteiger partial charge in [-0.1, -0.05) is 30.3 Å². The van der Waals surface area contributed by atoms with E-state index in [4.69, 9.17) is 11.6 Å². The smallest absolute Gasteiger partial charge is 0.335 e. The monoisotopic (exact) mass is 600 g/mol. The molecular weight excluding hydrogens is 580 g/mol. The minimum absolute atomic E-state index is 0.119. The molecule has 0 heterocycles. The highest BCUT2D eigenvalue weighted by Crippen LogP contribution is 2.28. The van der Waals surface area contributed by atoms with Gasteiger partial charge in [0.2, 0.25) is 5.78 Å². The molecule has 5 rings (SSSR count). The summed E-state index contributed by atoms with van der Waals surface area (Å²) in [4.78, 5) is 35.6. The van der Waals surface area contributed by atoms with E-state index < -0.39 is 38.5 Å². The molecule has 0 aromatic heterocycles. The molecule has 7 N–H and O–H groups in total. The molecule has 0 bridgehead atoms. The number of nitrogens with zero attached hydrogens (tertiary/aromatic N) is 3. The summed E-state index contributed by atoms with van der Waals surface area (Å²) in [6, 6.07) is 14.7. The molecule has 3 aromatic carbocycles. The van der Waals surface area contributed by atoms with Crippen molar-refractivity contribution in [3.8, 4) is 0 Å². The Labute approximate surface area is 243 Å². The predicted octanol–water partition coefficient (Wildman–Crippen LogP) is 2.65. The van der Waals surface area contributed by atoms with E-state index in [1.807, 2.05) is 0 Å². The molecule has 14 nitrogen and oxygen atoms in total. The Bertz CT molecular complexity index is 1960. The molecule has 2 aliphatic carbocycles. The molecule has 0 fully saturated rings. The number of hydrogen-bond donors (Lipinski definition) is 5. The number of hydrogen-bond acceptors (Lipinski definition) is 12. The zero-order valence-electron chi connectivity index (χ0n) is 21.8. The van der Waals surface area contributed by atoms with Crippen LogP contribution in [-0.2, 0) is 14.4 Å². The van der Waals surface area contributed by atoms with Gasteiger partial charge in [0.15, 0.2) is 5.71 Å². The number of benzene rings is 3. The maximum Gasteiger partial charge on any atom is 0.335 e. The van der Waals surface area contributed by atoms with Gasteiger partial charge in [-0.25, -0.2) is 9.59 Å². The van der Waals surface area contributed by atoms with Crippen molar-refractivity contribution in [1.82, 2.24) is 0 Å². The molecule has 0 aliphatic heterocycles. The molecule has 3 aromatic rings. The maximum absolute atomic E-state index is 13.3. The van der Waals surface area contributed by atoms with Crippen molar-refractivity contribution < 1.29 is 37.3 Å². The topological polar surface area (TPSA) is 236 Å². The number of fused-ring (bicyclic) bond motifs is 2. The molecule has 0 amide bonds. The molecule has 43 heavy (non-hydrogen) atoms. The number of aromatic carboxylic acids is 2. The van der Waals surface area contributed by atoms with Crippen LogP contribution in [-0.4, -0.2) is 53.5 Å². The van der Waals surface area contributed by atoms with Gasteiger partial charge in [0.1, 0.15) is 4.91 Å². The van der Waals surface area contributed by atoms with Gasteiger partial charge in [-0.15, -0.1) is 10.2 Å². The van der Waals surface area contributed by atoms with E-state index in [0.717, 1.165) is 6.07 Å². The molecule has 0 atom stereocenters. The van der Waals surface area contributed by atoms with E-state index in [1.54, 1.807) is 30.3 Å². The minimum atomic E-state index is -4.56. The predicted molar refractivity (Wildman–Crippen MR) is 157 cm³/mol. The van der Waals surface area contributed by atoms with Gasteiger partial charge >= 0.3 is 22.1 Å². The second kappa shape index (κ2) is 11.2. The number of rotatable bonds is 7. The number of hydrazone groups is 1. The van der Waals surface area contributed by atoms with Crippen molar-refractivity contribution in [3.05, 3.63) is 111 Å². The van der Waals surface area contributed by atoms with Crippen LogP contribution < -0.4 is 17.1 Å². The third-order valence-electron chi connectivity index (χ3n) is 6.32. The number of anilines is 2. The lowest BCUT2D eigenvalue weighted by molar-refractivity contribution is 0.0696. The van der Waals surface area contributed by atoms with E-state index >= 15 is 0 Å². The molecule has 0 spiro atoms. The van der Waals surface area contributed by atoms with Gasteiger partial charge < -0.3 is 15.9 Å². The number of ketones is 1. The van der Waals surface area contributed by atoms with Crippen molar-refractivity contribution >= 4 is 62.4 Å². The molecule has 0 unspecified atom stereocenters. The van der Waals surface area contributed by atoms with Gasteiger partial charge in [-0.05, 0) is 54.1 Å². The van der Waals surface area contributed by atoms with E-state index in [0.29, 0.717) is 16.8 Å². The quantitative estimate of drug-likeness (QED) is 0.195. The second-order valence-corrected chi connectivity index (χ2v) is 10.6. The lowest BCUT2D eigenvalue weighted by atomic mass is 9.93. The summed E-state index contributed by atoms with van der Waals surface area (Å²) in [5.74, 6) is 1.61. The van der Waals surface area contributed by atoms with Crippen LogP contribution in [0.4, 0.5) is 11.4 Å². The van der Waals surface area contributed by atoms with Crippen molar-refractivity contribution in [1.29, 1.82) is 0 Å². The van der Waals surface area contributed by atoms with Crippen LogP contribution in [0.25, 0.3) is 6.08 Å². The first kappa shape index (κ1) is 28.7. The summed E-state index contributed by atoms with van der Waals surface area (Å²) in [6.45, 7) is 0. The fraction of sp³-hybridized carbons (Fsp3) is 0. The Hall–Kier alpha value is -5.77. The standard InChI is InChI=1S/C28H20N6O8S/c29-17-6-5-14-12-24(43(40,41)42-30)25(26(35)21(14)13-17)34-33-23-8-7-22(19-3-1-2-4-20(19)23)32-31-18-10-15(27(36)37)9-16(11-18)28(38)39/h1-13,31H,29-30H2,(H,36,37)(H,38,39). The van der Waals surface area contributed by atoms with Crippen LogP contribution >= 0.6 is 0 Å². The average Bonchev–Trinajstić information content (AvgIpc) is 2.99. The second-order valence-electron chi connectivity index (χ2n) is 9.07. The zero-order valence-corrected chi connectivity index (χ0v) is 22.6. The largest absolute Gasteiger partial charge is 0.478 e. The van der Waals surface area contributed by atoms with Crippen LogP contribution in [0.15, 0.2) is 93.0 Å². The SMILES string of the molecule is NOS(=O)(=O)C1=Cc2ccc(N)cc2C(=O)C1=NN=C1C=CC(=NNc2cc(C(=O)O)cc(C(=O)O)c2)c2ccccc21. The Morgan fingerprint density at radius 2 is 1.47 bits per heavy atom. The first-order chi connectivity index (χ1) is 20.5. The maximum atomic E-state index is 13.3. The van der Waals surface area contributed by atoms with Crippen molar-refractivity contribution in [2.45, 2.75) is 0 Å². The number of nitrogens with two attached hydrogens (primary N) is 2. The summed E-state index contributed by atoms with van der Waals surface area (Å²) in [5.41, 5.74) is 9.97. The van der Waals surface area contributed by atoms with Crippen LogP contribution in [0, 0.1) is 0 Å². The van der Waals surface area contributed by atoms with Crippen LogP contribution in [0.2, 0.25) is 0 Å². The summed E-state index contributed by atoms with van der Waals surface area (Å²) >= 11 is 0. The van der Waals surface area contributed by atoms with E-state index in [1.165, 1.54) is 42.5 Å². The zero-order chi connectivity index (χ0) is 30.9. The van der Waals surface area contributed by atoms with E-state index in [9.17, 15) is 33.0 Å². The number of allylic oxidation sites excluding steroid dienone is 3. The van der Waals surface area contributed by atoms with Gasteiger partial charge in [-0.3, -0.25) is 10.2 Å². The summed E-state index contributed by atoms with van der Waals surface area (Å²) in [5, 5.41) is 31.1. The molecule has 0 saturated carbocycles. The van der Waals surface area contributed by atoms with Crippen LogP contribution in [0.3, 0.4) is 0 Å². The lowest BCUT2D eigenvalue weighted by Crippen LogP contribution is -2.28. The molecule has 216 valence electrons. The molecular formula is C28H20N6O8S. The summed E-state index contributed by atoms with van der Waals surface area (Å²) in [7, 11) is -4.56. The molecule has 15 heteroatoms. The number of carbonyl (C=O) groups is 3. The minimum Gasteiger partial charge on any atom is -0.478 e. The fourth-order valence-corrected chi connectivity index (χ4v) is 5.05. The van der Waals surface area contributed by atoms with E-state index in [2.05, 4.69) is 25.0 Å². The lowest BCUT2D eigenvalue weighted by Gasteiger charge is -2.17. The van der Waals surface area contributed by atoms with E-state index in [-0.39, 0.29) is 39.3 Å².